The first-order chi connectivity index (χ1) is 12.3. The van der Waals surface area contributed by atoms with Crippen LogP contribution in [-0.4, -0.2) is 12.7 Å². The highest BCUT2D eigenvalue weighted by molar-refractivity contribution is 5.47. The van der Waals surface area contributed by atoms with Crippen LogP contribution in [0.15, 0.2) is 104 Å². The molecule has 0 N–H and O–H groups in total. The molecule has 3 aromatic rings. The fourth-order valence-corrected chi connectivity index (χ4v) is 3.04. The third kappa shape index (κ3) is 3.55. The van der Waals surface area contributed by atoms with Crippen molar-refractivity contribution >= 4 is 0 Å². The lowest BCUT2D eigenvalue weighted by Crippen LogP contribution is -2.35. The van der Waals surface area contributed by atoms with Crippen LogP contribution in [0.5, 0.6) is 0 Å². The van der Waals surface area contributed by atoms with Gasteiger partial charge in [-0.05, 0) is 16.7 Å². The van der Waals surface area contributed by atoms with Crippen molar-refractivity contribution in [2.75, 3.05) is 6.61 Å². The Kier molecular flexibility index (Phi) is 5.44. The van der Waals surface area contributed by atoms with E-state index in [9.17, 15) is 5.11 Å². The Labute approximate surface area is 149 Å². The van der Waals surface area contributed by atoms with E-state index in [1.54, 1.807) is 0 Å². The van der Waals surface area contributed by atoms with Crippen LogP contribution in [0.1, 0.15) is 16.7 Å². The maximum absolute atomic E-state index is 12.0. The number of benzene rings is 3. The fraction of sp³-hybridized carbons (Fsp3) is 0.130. The zero-order valence-electron chi connectivity index (χ0n) is 14.0. The van der Waals surface area contributed by atoms with Gasteiger partial charge in [-0.3, -0.25) is 0 Å². The van der Waals surface area contributed by atoms with E-state index in [-0.39, 0.29) is 6.61 Å². The largest absolute Gasteiger partial charge is 0.358 e. The van der Waals surface area contributed by atoms with Crippen molar-refractivity contribution in [1.29, 1.82) is 0 Å². The molecule has 0 bridgehead atoms. The number of rotatable bonds is 7. The highest BCUT2D eigenvalue weighted by Crippen LogP contribution is 2.40. The second kappa shape index (κ2) is 7.93. The van der Waals surface area contributed by atoms with E-state index in [1.807, 2.05) is 91.0 Å². The SMILES string of the molecule is C=CC([O])COC(c1ccccc1)(c1ccccc1)c1ccccc1. The van der Waals surface area contributed by atoms with Gasteiger partial charge in [-0.25, -0.2) is 5.11 Å². The standard InChI is InChI=1S/C23H21O2/c1-2-22(24)18-25-23(19-12-6-3-7-13-19,20-14-8-4-9-15-20)21-16-10-5-11-17-21/h2-17,22H,1,18H2. The quantitative estimate of drug-likeness (QED) is 0.444. The molecule has 0 heterocycles. The third-order valence-electron chi connectivity index (χ3n) is 4.27. The van der Waals surface area contributed by atoms with Crippen molar-refractivity contribution in [3.63, 3.8) is 0 Å². The summed E-state index contributed by atoms with van der Waals surface area (Å²) in [6, 6.07) is 30.1. The van der Waals surface area contributed by atoms with Gasteiger partial charge in [0.2, 0.25) is 0 Å². The number of hydrogen-bond donors (Lipinski definition) is 0. The number of hydrogen-bond acceptors (Lipinski definition) is 1. The second-order valence-corrected chi connectivity index (χ2v) is 5.86. The molecular formula is C23H21O2. The van der Waals surface area contributed by atoms with E-state index in [2.05, 4.69) is 6.58 Å². The first-order valence-electron chi connectivity index (χ1n) is 8.36. The zero-order chi connectivity index (χ0) is 17.5. The summed E-state index contributed by atoms with van der Waals surface area (Å²) in [5, 5.41) is 12.0. The van der Waals surface area contributed by atoms with Crippen LogP contribution in [0, 0.1) is 0 Å². The molecule has 25 heavy (non-hydrogen) atoms. The van der Waals surface area contributed by atoms with Crippen molar-refractivity contribution in [3.05, 3.63) is 120 Å². The van der Waals surface area contributed by atoms with Crippen LogP contribution in [0.4, 0.5) is 0 Å². The number of ether oxygens (including phenoxy) is 1. The van der Waals surface area contributed by atoms with E-state index in [4.69, 9.17) is 4.74 Å². The lowest BCUT2D eigenvalue weighted by molar-refractivity contribution is -0.0429. The van der Waals surface area contributed by atoms with Crippen molar-refractivity contribution in [2.24, 2.45) is 0 Å². The zero-order valence-corrected chi connectivity index (χ0v) is 14.0. The molecular weight excluding hydrogens is 308 g/mol. The van der Waals surface area contributed by atoms with E-state index in [0.29, 0.717) is 0 Å². The molecule has 0 aliphatic rings. The van der Waals surface area contributed by atoms with Crippen LogP contribution < -0.4 is 0 Å². The predicted molar refractivity (Wildman–Crippen MR) is 99.8 cm³/mol. The lowest BCUT2D eigenvalue weighted by atomic mass is 9.80. The molecule has 0 aliphatic carbocycles. The summed E-state index contributed by atoms with van der Waals surface area (Å²) in [5.74, 6) is 0. The van der Waals surface area contributed by atoms with Crippen molar-refractivity contribution < 1.29 is 9.84 Å². The summed E-state index contributed by atoms with van der Waals surface area (Å²) >= 11 is 0. The van der Waals surface area contributed by atoms with Gasteiger partial charge < -0.3 is 4.74 Å². The van der Waals surface area contributed by atoms with Crippen LogP contribution in [-0.2, 0) is 15.4 Å². The van der Waals surface area contributed by atoms with E-state index >= 15 is 0 Å². The van der Waals surface area contributed by atoms with Gasteiger partial charge in [-0.15, -0.1) is 6.58 Å². The molecule has 125 valence electrons. The smallest absolute Gasteiger partial charge is 0.143 e. The van der Waals surface area contributed by atoms with Gasteiger partial charge in [0.05, 0.1) is 6.61 Å². The summed E-state index contributed by atoms with van der Waals surface area (Å²) < 4.78 is 6.36. The highest BCUT2D eigenvalue weighted by atomic mass is 16.5. The molecule has 2 nitrogen and oxygen atoms in total. The summed E-state index contributed by atoms with van der Waals surface area (Å²) in [7, 11) is 0. The molecule has 3 rings (SSSR count). The van der Waals surface area contributed by atoms with E-state index < -0.39 is 11.7 Å². The van der Waals surface area contributed by atoms with Crippen LogP contribution in [0.25, 0.3) is 0 Å². The van der Waals surface area contributed by atoms with Crippen molar-refractivity contribution in [3.8, 4) is 0 Å². The normalized spacial score (nSPS) is 12.5. The molecule has 2 heteroatoms. The average molecular weight is 329 g/mol. The molecule has 1 unspecified atom stereocenters. The van der Waals surface area contributed by atoms with Crippen LogP contribution >= 0.6 is 0 Å². The van der Waals surface area contributed by atoms with Crippen LogP contribution in [0.3, 0.4) is 0 Å². The molecule has 1 radical (unpaired) electrons. The monoisotopic (exact) mass is 329 g/mol. The Balaban J connectivity index is 2.22. The Morgan fingerprint density at radius 3 is 1.44 bits per heavy atom. The first-order valence-corrected chi connectivity index (χ1v) is 8.36. The van der Waals surface area contributed by atoms with E-state index in [1.165, 1.54) is 6.08 Å². The Morgan fingerprint density at radius 1 is 0.760 bits per heavy atom. The topological polar surface area (TPSA) is 29.1 Å². The molecule has 1 atom stereocenters. The summed E-state index contributed by atoms with van der Waals surface area (Å²) in [6.45, 7) is 3.63. The molecule has 0 spiro atoms. The molecule has 3 aromatic carbocycles. The Bertz CT molecular complexity index is 685. The Morgan fingerprint density at radius 2 is 1.12 bits per heavy atom. The van der Waals surface area contributed by atoms with Crippen molar-refractivity contribution in [1.82, 2.24) is 0 Å². The van der Waals surface area contributed by atoms with Gasteiger partial charge in [-0.1, -0.05) is 97.1 Å². The van der Waals surface area contributed by atoms with Gasteiger partial charge in [0, 0.05) is 0 Å². The molecule has 0 saturated heterocycles. The van der Waals surface area contributed by atoms with Gasteiger partial charge in [0.25, 0.3) is 0 Å². The summed E-state index contributed by atoms with van der Waals surface area (Å²) in [5.41, 5.74) is 2.13. The average Bonchev–Trinajstić information content (AvgIpc) is 2.71. The lowest BCUT2D eigenvalue weighted by Gasteiger charge is -2.36. The Hall–Kier alpha value is -2.68. The van der Waals surface area contributed by atoms with Gasteiger partial charge in [0.15, 0.2) is 0 Å². The predicted octanol–water partition coefficient (Wildman–Crippen LogP) is 4.98. The first kappa shape index (κ1) is 17.2. The third-order valence-corrected chi connectivity index (χ3v) is 4.27. The maximum atomic E-state index is 12.0. The van der Waals surface area contributed by atoms with Crippen LogP contribution in [0.2, 0.25) is 0 Å². The minimum Gasteiger partial charge on any atom is -0.358 e. The molecule has 0 aromatic heterocycles. The van der Waals surface area contributed by atoms with Gasteiger partial charge >= 0.3 is 0 Å². The fourth-order valence-electron chi connectivity index (χ4n) is 3.04. The molecule has 0 aliphatic heterocycles. The summed E-state index contributed by atoms with van der Waals surface area (Å²) in [4.78, 5) is 0. The summed E-state index contributed by atoms with van der Waals surface area (Å²) in [6.07, 6.45) is 0.404. The van der Waals surface area contributed by atoms with Gasteiger partial charge in [-0.2, -0.15) is 0 Å². The highest BCUT2D eigenvalue weighted by Gasteiger charge is 2.37. The molecule has 0 saturated carbocycles. The minimum atomic E-state index is -0.976. The molecule has 0 fully saturated rings. The minimum absolute atomic E-state index is 0.0438. The van der Waals surface area contributed by atoms with E-state index in [0.717, 1.165) is 16.7 Å². The van der Waals surface area contributed by atoms with Gasteiger partial charge in [0.1, 0.15) is 11.7 Å². The molecule has 0 amide bonds. The second-order valence-electron chi connectivity index (χ2n) is 5.86. The maximum Gasteiger partial charge on any atom is 0.143 e. The van der Waals surface area contributed by atoms with Crippen molar-refractivity contribution in [2.45, 2.75) is 11.7 Å².